The van der Waals surface area contributed by atoms with E-state index in [1.807, 2.05) is 0 Å². The van der Waals surface area contributed by atoms with E-state index in [1.54, 1.807) is 24.3 Å². The molecule has 1 aromatic heterocycles. The molecule has 3 aromatic rings. The zero-order valence-corrected chi connectivity index (χ0v) is 17.4. The normalized spacial score (nSPS) is 12.3. The Morgan fingerprint density at radius 2 is 1.93 bits per heavy atom. The van der Waals surface area contributed by atoms with Gasteiger partial charge in [0.05, 0.1) is 27.1 Å². The summed E-state index contributed by atoms with van der Waals surface area (Å²) in [6, 6.07) is 10.8. The van der Waals surface area contributed by atoms with Crippen molar-refractivity contribution >= 4 is 54.7 Å². The first-order valence-corrected chi connectivity index (χ1v) is 11.9. The van der Waals surface area contributed by atoms with Crippen molar-refractivity contribution in [3.05, 3.63) is 48.0 Å². The Labute approximate surface area is 173 Å². The Bertz CT molecular complexity index is 1160. The number of benzene rings is 2. The molecule has 1 N–H and O–H groups in total. The summed E-state index contributed by atoms with van der Waals surface area (Å²) in [6.07, 6.45) is -4.07. The van der Waals surface area contributed by atoms with Crippen LogP contribution in [0.15, 0.2) is 51.7 Å². The lowest BCUT2D eigenvalue weighted by Gasteiger charge is -2.09. The minimum atomic E-state index is -4.20. The number of rotatable bonds is 6. The third-order valence-electron chi connectivity index (χ3n) is 3.77. The molecule has 0 bridgehead atoms. The number of hydrogen-bond donors (Lipinski definition) is 1. The molecule has 1 amide bonds. The Kier molecular flexibility index (Phi) is 6.20. The number of thioether (sulfide) groups is 1. The zero-order valence-electron chi connectivity index (χ0n) is 15.0. The second-order valence-electron chi connectivity index (χ2n) is 6.10. The number of carbonyl (C=O) groups is 1. The van der Waals surface area contributed by atoms with Gasteiger partial charge in [-0.1, -0.05) is 23.9 Å². The summed E-state index contributed by atoms with van der Waals surface area (Å²) in [4.78, 5) is 16.8. The average Bonchev–Trinajstić information content (AvgIpc) is 3.01. The van der Waals surface area contributed by atoms with Crippen molar-refractivity contribution in [2.45, 2.75) is 21.8 Å². The molecule has 0 atom stereocenters. The van der Waals surface area contributed by atoms with Crippen molar-refractivity contribution in [3.8, 4) is 0 Å². The first-order valence-electron chi connectivity index (χ1n) is 8.23. The standard InChI is InChI=1S/C18H15F3N2O3S3/c1-29(25,26)15-5-3-2-4-12(15)16(24)22-11-6-7-13-14(10-11)28-17(23-13)27-9-8-18(19,20)21/h2-7,10H,8-9H2,1H3,(H,22,24). The number of halogens is 3. The number of carbonyl (C=O) groups excluding carboxylic acids is 1. The smallest absolute Gasteiger partial charge is 0.322 e. The van der Waals surface area contributed by atoms with Crippen LogP contribution < -0.4 is 5.32 Å². The third-order valence-corrected chi connectivity index (χ3v) is 7.09. The molecule has 3 rings (SSSR count). The molecule has 11 heteroatoms. The van der Waals surface area contributed by atoms with Crippen LogP contribution in [0.2, 0.25) is 0 Å². The minimum Gasteiger partial charge on any atom is -0.322 e. The van der Waals surface area contributed by atoms with Gasteiger partial charge in [0.1, 0.15) is 0 Å². The molecule has 0 aliphatic carbocycles. The maximum Gasteiger partial charge on any atom is 0.389 e. The lowest BCUT2D eigenvalue weighted by Crippen LogP contribution is -2.15. The van der Waals surface area contributed by atoms with Crippen LogP contribution >= 0.6 is 23.1 Å². The molecule has 2 aromatic carbocycles. The van der Waals surface area contributed by atoms with E-state index in [2.05, 4.69) is 10.3 Å². The van der Waals surface area contributed by atoms with Crippen LogP contribution in [0.3, 0.4) is 0 Å². The summed E-state index contributed by atoms with van der Waals surface area (Å²) in [5, 5.41) is 2.66. The number of sulfone groups is 1. The van der Waals surface area contributed by atoms with Gasteiger partial charge in [0.15, 0.2) is 14.2 Å². The van der Waals surface area contributed by atoms with Crippen molar-refractivity contribution in [2.75, 3.05) is 17.3 Å². The highest BCUT2D eigenvalue weighted by Crippen LogP contribution is 2.33. The number of aromatic nitrogens is 1. The van der Waals surface area contributed by atoms with Gasteiger partial charge in [0.2, 0.25) is 0 Å². The maximum absolute atomic E-state index is 12.6. The Morgan fingerprint density at radius 3 is 2.62 bits per heavy atom. The summed E-state index contributed by atoms with van der Waals surface area (Å²) in [7, 11) is -3.57. The molecule has 0 fully saturated rings. The van der Waals surface area contributed by atoms with Crippen LogP contribution in [0.1, 0.15) is 16.8 Å². The van der Waals surface area contributed by atoms with Crippen LogP contribution in [0.25, 0.3) is 10.2 Å². The van der Waals surface area contributed by atoms with Gasteiger partial charge < -0.3 is 5.32 Å². The highest BCUT2D eigenvalue weighted by atomic mass is 32.2. The molecule has 0 saturated heterocycles. The van der Waals surface area contributed by atoms with E-state index in [4.69, 9.17) is 0 Å². The number of nitrogens with one attached hydrogen (secondary N) is 1. The van der Waals surface area contributed by atoms with E-state index in [0.717, 1.165) is 18.0 Å². The van der Waals surface area contributed by atoms with Gasteiger partial charge in [-0.15, -0.1) is 11.3 Å². The fraction of sp³-hybridized carbons (Fsp3) is 0.222. The summed E-state index contributed by atoms with van der Waals surface area (Å²) in [6.45, 7) is 0. The van der Waals surface area contributed by atoms with Crippen molar-refractivity contribution < 1.29 is 26.4 Å². The van der Waals surface area contributed by atoms with Gasteiger partial charge in [-0.2, -0.15) is 13.2 Å². The molecule has 0 saturated carbocycles. The van der Waals surface area contributed by atoms with Crippen LogP contribution in [0.4, 0.5) is 18.9 Å². The molecule has 29 heavy (non-hydrogen) atoms. The fourth-order valence-corrected chi connectivity index (χ4v) is 5.52. The molecule has 1 heterocycles. The molecule has 154 valence electrons. The fourth-order valence-electron chi connectivity index (χ4n) is 2.47. The number of alkyl halides is 3. The van der Waals surface area contributed by atoms with Crippen molar-refractivity contribution in [2.24, 2.45) is 0 Å². The van der Waals surface area contributed by atoms with Gasteiger partial charge in [0, 0.05) is 17.7 Å². The maximum atomic E-state index is 12.6. The van der Waals surface area contributed by atoms with Crippen molar-refractivity contribution in [1.29, 1.82) is 0 Å². The molecule has 5 nitrogen and oxygen atoms in total. The van der Waals surface area contributed by atoms with Crippen LogP contribution in [0.5, 0.6) is 0 Å². The van der Waals surface area contributed by atoms with Crippen LogP contribution in [-0.2, 0) is 9.84 Å². The number of nitrogens with zero attached hydrogens (tertiary/aromatic N) is 1. The van der Waals surface area contributed by atoms with E-state index in [9.17, 15) is 26.4 Å². The monoisotopic (exact) mass is 460 g/mol. The van der Waals surface area contributed by atoms with Gasteiger partial charge in [0.25, 0.3) is 5.91 Å². The number of anilines is 1. The lowest BCUT2D eigenvalue weighted by molar-refractivity contribution is -0.129. The summed E-state index contributed by atoms with van der Waals surface area (Å²) in [5.74, 6) is -0.690. The lowest BCUT2D eigenvalue weighted by atomic mass is 10.2. The van der Waals surface area contributed by atoms with E-state index in [1.165, 1.54) is 29.5 Å². The van der Waals surface area contributed by atoms with Gasteiger partial charge in [-0.3, -0.25) is 4.79 Å². The molecular weight excluding hydrogens is 445 g/mol. The number of fused-ring (bicyclic) bond motifs is 1. The molecular formula is C18H15F3N2O3S3. The predicted molar refractivity (Wildman–Crippen MR) is 109 cm³/mol. The molecule has 0 aliphatic heterocycles. The summed E-state index contributed by atoms with van der Waals surface area (Å²) in [5.41, 5.74) is 1.07. The topological polar surface area (TPSA) is 76.1 Å². The molecule has 0 aliphatic rings. The zero-order chi connectivity index (χ0) is 21.2. The number of thiazole rings is 1. The van der Waals surface area contributed by atoms with Gasteiger partial charge in [-0.05, 0) is 30.3 Å². The van der Waals surface area contributed by atoms with E-state index in [-0.39, 0.29) is 16.2 Å². The van der Waals surface area contributed by atoms with Crippen LogP contribution in [-0.4, -0.2) is 37.5 Å². The second kappa shape index (κ2) is 8.33. The average molecular weight is 461 g/mol. The van der Waals surface area contributed by atoms with E-state index in [0.29, 0.717) is 20.2 Å². The van der Waals surface area contributed by atoms with E-state index < -0.39 is 28.3 Å². The first kappa shape index (κ1) is 21.6. The molecule has 0 spiro atoms. The number of hydrogen-bond acceptors (Lipinski definition) is 6. The molecule has 0 unspecified atom stereocenters. The Morgan fingerprint density at radius 1 is 1.21 bits per heavy atom. The SMILES string of the molecule is CS(=O)(=O)c1ccccc1C(=O)Nc1ccc2nc(SCCC(F)(F)F)sc2c1. The highest BCUT2D eigenvalue weighted by Gasteiger charge is 2.26. The Hall–Kier alpha value is -2.11. The highest BCUT2D eigenvalue weighted by molar-refractivity contribution is 8.01. The quantitative estimate of drug-likeness (QED) is 0.524. The van der Waals surface area contributed by atoms with Crippen molar-refractivity contribution in [3.63, 3.8) is 0 Å². The van der Waals surface area contributed by atoms with E-state index >= 15 is 0 Å². The second-order valence-corrected chi connectivity index (χ2v) is 10.5. The summed E-state index contributed by atoms with van der Waals surface area (Å²) < 4.78 is 61.8. The minimum absolute atomic E-state index is 0.0304. The van der Waals surface area contributed by atoms with Crippen molar-refractivity contribution in [1.82, 2.24) is 4.98 Å². The van der Waals surface area contributed by atoms with Gasteiger partial charge in [-0.25, -0.2) is 13.4 Å². The number of amides is 1. The third kappa shape index (κ3) is 5.71. The first-order chi connectivity index (χ1) is 13.5. The van der Waals surface area contributed by atoms with Gasteiger partial charge >= 0.3 is 6.18 Å². The predicted octanol–water partition coefficient (Wildman–Crippen LogP) is 5.00. The Balaban J connectivity index is 1.77. The van der Waals surface area contributed by atoms with Crippen LogP contribution in [0, 0.1) is 0 Å². The summed E-state index contributed by atoms with van der Waals surface area (Å²) >= 11 is 2.26. The molecule has 0 radical (unpaired) electrons. The largest absolute Gasteiger partial charge is 0.389 e.